The Morgan fingerprint density at radius 2 is 1.89 bits per heavy atom. The summed E-state index contributed by atoms with van der Waals surface area (Å²) in [7, 11) is 4.00. The van der Waals surface area contributed by atoms with Gasteiger partial charge < -0.3 is 14.7 Å². The summed E-state index contributed by atoms with van der Waals surface area (Å²) in [5.74, 6) is 3.30. The van der Waals surface area contributed by atoms with Crippen LogP contribution >= 0.6 is 0 Å². The first-order valence-electron chi connectivity index (χ1n) is 9.46. The third kappa shape index (κ3) is 3.16. The molecule has 0 radical (unpaired) electrons. The lowest BCUT2D eigenvalue weighted by molar-refractivity contribution is 0.388. The van der Waals surface area contributed by atoms with Crippen molar-refractivity contribution in [2.75, 3.05) is 48.4 Å². The van der Waals surface area contributed by atoms with Gasteiger partial charge in [-0.05, 0) is 37.8 Å². The third-order valence-electron chi connectivity index (χ3n) is 5.65. The molecule has 2 aromatic heterocycles. The predicted octanol–water partition coefficient (Wildman–Crippen LogP) is 2.22. The van der Waals surface area contributed by atoms with E-state index in [1.54, 1.807) is 12.4 Å². The van der Waals surface area contributed by atoms with Crippen LogP contribution in [0, 0.1) is 24.2 Å². The van der Waals surface area contributed by atoms with E-state index in [1.165, 1.54) is 0 Å². The molecule has 27 heavy (non-hydrogen) atoms. The lowest BCUT2D eigenvalue weighted by atomic mass is 9.92. The summed E-state index contributed by atoms with van der Waals surface area (Å²) in [6.45, 7) is 4.80. The number of pyridine rings is 1. The molecule has 0 aliphatic carbocycles. The Bertz CT molecular complexity index is 873. The molecular weight excluding hydrogens is 338 g/mol. The van der Waals surface area contributed by atoms with Crippen LogP contribution in [0.25, 0.3) is 0 Å². The molecule has 0 saturated carbocycles. The maximum absolute atomic E-state index is 9.54. The number of aromatic nitrogens is 3. The van der Waals surface area contributed by atoms with Crippen LogP contribution in [0.1, 0.15) is 24.1 Å². The van der Waals surface area contributed by atoms with Crippen molar-refractivity contribution in [3.63, 3.8) is 0 Å². The molecule has 2 saturated heterocycles. The van der Waals surface area contributed by atoms with Crippen molar-refractivity contribution in [2.24, 2.45) is 5.92 Å². The highest BCUT2D eigenvalue weighted by Crippen LogP contribution is 2.37. The summed E-state index contributed by atoms with van der Waals surface area (Å²) in [6.07, 6.45) is 5.78. The first kappa shape index (κ1) is 17.5. The number of fused-ring (bicyclic) bond motifs is 1. The number of rotatable bonds is 3. The lowest BCUT2D eigenvalue weighted by Crippen LogP contribution is -2.49. The molecule has 0 N–H and O–H groups in total. The van der Waals surface area contributed by atoms with Crippen LogP contribution in [0.2, 0.25) is 0 Å². The number of anilines is 3. The van der Waals surface area contributed by atoms with Gasteiger partial charge in [0.15, 0.2) is 11.6 Å². The van der Waals surface area contributed by atoms with Gasteiger partial charge in [0.05, 0.1) is 11.6 Å². The first-order chi connectivity index (χ1) is 13.1. The van der Waals surface area contributed by atoms with Crippen molar-refractivity contribution >= 4 is 17.5 Å². The van der Waals surface area contributed by atoms with Gasteiger partial charge in [-0.1, -0.05) is 0 Å². The maximum Gasteiger partial charge on any atom is 0.172 e. The van der Waals surface area contributed by atoms with E-state index in [9.17, 15) is 5.26 Å². The highest BCUT2D eigenvalue weighted by atomic mass is 15.3. The molecule has 7 heteroatoms. The van der Waals surface area contributed by atoms with Crippen LogP contribution in [0.5, 0.6) is 0 Å². The van der Waals surface area contributed by atoms with E-state index in [0.29, 0.717) is 17.5 Å². The minimum absolute atomic E-state index is 0.345. The van der Waals surface area contributed by atoms with Crippen molar-refractivity contribution in [3.8, 4) is 6.07 Å². The molecule has 0 spiro atoms. The van der Waals surface area contributed by atoms with E-state index >= 15 is 0 Å². The minimum Gasteiger partial charge on any atom is -0.360 e. The summed E-state index contributed by atoms with van der Waals surface area (Å²) < 4.78 is 0. The zero-order valence-corrected chi connectivity index (χ0v) is 16.1. The Hall–Kier alpha value is -2.88. The second kappa shape index (κ2) is 7.03. The number of piperidine rings is 1. The first-order valence-corrected chi connectivity index (χ1v) is 9.46. The SMILES string of the molecule is Cc1ccc(C#N)c(N2CCC3CCN(c4nccnc4N(C)C)CC32)n1. The summed E-state index contributed by atoms with van der Waals surface area (Å²) >= 11 is 0. The van der Waals surface area contributed by atoms with Crippen molar-refractivity contribution < 1.29 is 0 Å². The second-order valence-electron chi connectivity index (χ2n) is 7.58. The van der Waals surface area contributed by atoms with Gasteiger partial charge in [0.2, 0.25) is 0 Å². The van der Waals surface area contributed by atoms with Gasteiger partial charge in [-0.15, -0.1) is 0 Å². The maximum atomic E-state index is 9.54. The molecule has 2 aliphatic heterocycles. The van der Waals surface area contributed by atoms with E-state index < -0.39 is 0 Å². The van der Waals surface area contributed by atoms with Gasteiger partial charge in [-0.2, -0.15) is 5.26 Å². The van der Waals surface area contributed by atoms with Gasteiger partial charge in [-0.25, -0.2) is 15.0 Å². The molecule has 2 fully saturated rings. The van der Waals surface area contributed by atoms with Gasteiger partial charge in [0.1, 0.15) is 11.9 Å². The molecule has 4 heterocycles. The highest BCUT2D eigenvalue weighted by Gasteiger charge is 2.40. The van der Waals surface area contributed by atoms with Crippen molar-refractivity contribution in [2.45, 2.75) is 25.8 Å². The van der Waals surface area contributed by atoms with E-state index in [1.807, 2.05) is 38.1 Å². The van der Waals surface area contributed by atoms with Gasteiger partial charge in [-0.3, -0.25) is 0 Å². The molecule has 140 valence electrons. The Balaban J connectivity index is 1.64. The number of hydrogen-bond acceptors (Lipinski definition) is 7. The van der Waals surface area contributed by atoms with Crippen molar-refractivity contribution in [1.82, 2.24) is 15.0 Å². The molecule has 7 nitrogen and oxygen atoms in total. The molecule has 2 aliphatic rings. The normalized spacial score (nSPS) is 21.7. The fourth-order valence-electron chi connectivity index (χ4n) is 4.31. The molecule has 4 rings (SSSR count). The molecule has 0 bridgehead atoms. The van der Waals surface area contributed by atoms with Crippen LogP contribution < -0.4 is 14.7 Å². The number of hydrogen-bond donors (Lipinski definition) is 0. The molecule has 2 atom stereocenters. The van der Waals surface area contributed by atoms with Crippen LogP contribution in [0.15, 0.2) is 24.5 Å². The topological polar surface area (TPSA) is 72.2 Å². The van der Waals surface area contributed by atoms with Crippen molar-refractivity contribution in [3.05, 3.63) is 35.8 Å². The van der Waals surface area contributed by atoms with Crippen LogP contribution in [0.4, 0.5) is 17.5 Å². The predicted molar refractivity (Wildman–Crippen MR) is 106 cm³/mol. The van der Waals surface area contributed by atoms with E-state index in [0.717, 1.165) is 55.6 Å². The summed E-state index contributed by atoms with van der Waals surface area (Å²) in [5, 5.41) is 9.54. The summed E-state index contributed by atoms with van der Waals surface area (Å²) in [6, 6.07) is 6.46. The average molecular weight is 363 g/mol. The molecule has 0 aromatic carbocycles. The summed E-state index contributed by atoms with van der Waals surface area (Å²) in [4.78, 5) is 20.5. The van der Waals surface area contributed by atoms with E-state index in [4.69, 9.17) is 4.98 Å². The van der Waals surface area contributed by atoms with Gasteiger partial charge in [0.25, 0.3) is 0 Å². The highest BCUT2D eigenvalue weighted by molar-refractivity contribution is 5.63. The van der Waals surface area contributed by atoms with Crippen LogP contribution in [0.3, 0.4) is 0 Å². The minimum atomic E-state index is 0.345. The zero-order chi connectivity index (χ0) is 19.0. The van der Waals surface area contributed by atoms with Gasteiger partial charge >= 0.3 is 0 Å². The largest absolute Gasteiger partial charge is 0.360 e. The Kier molecular flexibility index (Phi) is 4.56. The third-order valence-corrected chi connectivity index (χ3v) is 5.65. The van der Waals surface area contributed by atoms with Crippen LogP contribution in [-0.4, -0.2) is 54.7 Å². The second-order valence-corrected chi connectivity index (χ2v) is 7.58. The lowest BCUT2D eigenvalue weighted by Gasteiger charge is -2.40. The van der Waals surface area contributed by atoms with Crippen molar-refractivity contribution in [1.29, 1.82) is 5.26 Å². The van der Waals surface area contributed by atoms with Gasteiger partial charge in [0, 0.05) is 51.8 Å². The van der Waals surface area contributed by atoms with E-state index in [2.05, 4.69) is 25.8 Å². The molecule has 2 unspecified atom stereocenters. The Morgan fingerprint density at radius 3 is 2.67 bits per heavy atom. The molecule has 2 aromatic rings. The smallest absolute Gasteiger partial charge is 0.172 e. The molecular formula is C20H25N7. The fraction of sp³-hybridized carbons (Fsp3) is 0.500. The Labute approximate surface area is 160 Å². The monoisotopic (exact) mass is 363 g/mol. The average Bonchev–Trinajstić information content (AvgIpc) is 3.11. The molecule has 0 amide bonds. The summed E-state index contributed by atoms with van der Waals surface area (Å²) in [5.41, 5.74) is 1.61. The number of nitriles is 1. The fourth-order valence-corrected chi connectivity index (χ4v) is 4.31. The number of nitrogens with zero attached hydrogens (tertiary/aromatic N) is 7. The zero-order valence-electron chi connectivity index (χ0n) is 16.1. The van der Waals surface area contributed by atoms with E-state index in [-0.39, 0.29) is 0 Å². The Morgan fingerprint density at radius 1 is 1.11 bits per heavy atom. The quantitative estimate of drug-likeness (QED) is 0.828. The van der Waals surface area contributed by atoms with Crippen LogP contribution in [-0.2, 0) is 0 Å². The standard InChI is InChI=1S/C20H25N7/c1-14-4-5-16(12-21)18(24-14)27-11-7-15-6-10-26(13-17(15)27)20-19(25(2)3)22-8-9-23-20/h4-5,8-9,15,17H,6-7,10-11,13H2,1-3H3. The number of aryl methyl sites for hydroxylation is 1.